The maximum atomic E-state index is 11.2. The van der Waals surface area contributed by atoms with Gasteiger partial charge in [-0.25, -0.2) is 4.98 Å². The molecule has 5 nitrogen and oxygen atoms in total. The predicted molar refractivity (Wildman–Crippen MR) is 75.4 cm³/mol. The molecule has 0 aliphatic rings. The molecule has 0 saturated heterocycles. The molecule has 100 valence electrons. The molecule has 0 aliphatic heterocycles. The lowest BCUT2D eigenvalue weighted by molar-refractivity contribution is 0.0998. The van der Waals surface area contributed by atoms with Crippen LogP contribution >= 0.6 is 11.3 Å². The fourth-order valence-corrected chi connectivity index (χ4v) is 2.63. The fraction of sp³-hybridized carbons (Fsp3) is 0. The summed E-state index contributed by atoms with van der Waals surface area (Å²) in [5, 5.41) is 12.3. The van der Waals surface area contributed by atoms with Crippen molar-refractivity contribution in [3.8, 4) is 27.6 Å². The van der Waals surface area contributed by atoms with Crippen LogP contribution in [0, 0.1) is 0 Å². The second kappa shape index (κ2) is 4.82. The van der Waals surface area contributed by atoms with Crippen LogP contribution in [0.5, 0.6) is 5.75 Å². The molecule has 3 N–H and O–H groups in total. The van der Waals surface area contributed by atoms with Crippen LogP contribution in [0.15, 0.2) is 46.6 Å². The van der Waals surface area contributed by atoms with Gasteiger partial charge in [-0.15, -0.1) is 11.3 Å². The first kappa shape index (κ1) is 12.4. The van der Waals surface area contributed by atoms with Gasteiger partial charge in [-0.3, -0.25) is 4.79 Å². The van der Waals surface area contributed by atoms with Crippen molar-refractivity contribution >= 4 is 17.2 Å². The summed E-state index contributed by atoms with van der Waals surface area (Å²) in [6.07, 6.45) is 3.20. The van der Waals surface area contributed by atoms with Crippen LogP contribution in [0.1, 0.15) is 10.4 Å². The van der Waals surface area contributed by atoms with Crippen LogP contribution < -0.4 is 5.73 Å². The van der Waals surface area contributed by atoms with Crippen LogP contribution in [-0.4, -0.2) is 16.0 Å². The monoisotopic (exact) mass is 286 g/mol. The lowest BCUT2D eigenvalue weighted by atomic mass is 10.1. The van der Waals surface area contributed by atoms with Gasteiger partial charge in [0.05, 0.1) is 17.5 Å². The summed E-state index contributed by atoms with van der Waals surface area (Å²) < 4.78 is 5.02. The number of rotatable bonds is 3. The number of carbonyl (C=O) groups is 1. The molecule has 1 amide bonds. The second-order valence-corrected chi connectivity index (χ2v) is 5.00. The average Bonchev–Trinajstić information content (AvgIpc) is 3.09. The number of hydrogen-bond acceptors (Lipinski definition) is 5. The van der Waals surface area contributed by atoms with Gasteiger partial charge in [-0.05, 0) is 24.3 Å². The molecule has 0 bridgehead atoms. The molecular formula is C14H10N2O3S. The number of aromatic hydroxyl groups is 1. The summed E-state index contributed by atoms with van der Waals surface area (Å²) in [6.45, 7) is 0. The molecule has 3 aromatic rings. The lowest BCUT2D eigenvalue weighted by Crippen LogP contribution is -2.11. The standard InChI is InChI=1S/C14H10N2O3S/c15-13(18)10-5-8(1-2-12(10)17)11-7-20-14(16-11)9-3-4-19-6-9/h1-7,17H,(H2,15,18). The third kappa shape index (κ3) is 2.17. The molecule has 0 saturated carbocycles. The number of phenols is 1. The number of benzene rings is 1. The van der Waals surface area contributed by atoms with E-state index in [9.17, 15) is 9.90 Å². The number of hydrogen-bond donors (Lipinski definition) is 2. The molecule has 3 rings (SSSR count). The van der Waals surface area contributed by atoms with E-state index >= 15 is 0 Å². The van der Waals surface area contributed by atoms with Gasteiger partial charge < -0.3 is 15.3 Å². The van der Waals surface area contributed by atoms with Gasteiger partial charge in [-0.2, -0.15) is 0 Å². The first-order valence-corrected chi connectivity index (χ1v) is 6.64. The number of furan rings is 1. The number of amides is 1. The molecule has 0 spiro atoms. The SMILES string of the molecule is NC(=O)c1cc(-c2csc(-c3ccoc3)n2)ccc1O. The Morgan fingerprint density at radius 2 is 2.15 bits per heavy atom. The zero-order valence-electron chi connectivity index (χ0n) is 10.2. The van der Waals surface area contributed by atoms with Gasteiger partial charge in [0, 0.05) is 16.5 Å². The van der Waals surface area contributed by atoms with Crippen molar-refractivity contribution in [3.63, 3.8) is 0 Å². The molecule has 2 aromatic heterocycles. The predicted octanol–water partition coefficient (Wildman–Crippen LogP) is 2.87. The van der Waals surface area contributed by atoms with Crippen molar-refractivity contribution < 1.29 is 14.3 Å². The molecule has 20 heavy (non-hydrogen) atoms. The number of carbonyl (C=O) groups excluding carboxylic acids is 1. The summed E-state index contributed by atoms with van der Waals surface area (Å²) in [5.41, 5.74) is 7.64. The van der Waals surface area contributed by atoms with Crippen LogP contribution in [-0.2, 0) is 0 Å². The first-order chi connectivity index (χ1) is 9.65. The zero-order chi connectivity index (χ0) is 14.1. The van der Waals surface area contributed by atoms with Crippen LogP contribution in [0.2, 0.25) is 0 Å². The number of thiazole rings is 1. The van der Waals surface area contributed by atoms with Crippen LogP contribution in [0.25, 0.3) is 21.8 Å². The Kier molecular flexibility index (Phi) is 3.00. The van der Waals surface area contributed by atoms with E-state index in [-0.39, 0.29) is 11.3 Å². The second-order valence-electron chi connectivity index (χ2n) is 4.15. The summed E-state index contributed by atoms with van der Waals surface area (Å²) in [4.78, 5) is 15.7. The molecule has 0 aliphatic carbocycles. The van der Waals surface area contributed by atoms with Gasteiger partial charge in [0.15, 0.2) is 0 Å². The van der Waals surface area contributed by atoms with Crippen LogP contribution in [0.3, 0.4) is 0 Å². The van der Waals surface area contributed by atoms with E-state index in [0.29, 0.717) is 5.69 Å². The zero-order valence-corrected chi connectivity index (χ0v) is 11.1. The van der Waals surface area contributed by atoms with Crippen molar-refractivity contribution in [1.82, 2.24) is 4.98 Å². The Bertz CT molecular complexity index is 763. The highest BCUT2D eigenvalue weighted by atomic mass is 32.1. The van der Waals surface area contributed by atoms with E-state index in [2.05, 4.69) is 4.98 Å². The summed E-state index contributed by atoms with van der Waals surface area (Å²) in [7, 11) is 0. The van der Waals surface area contributed by atoms with E-state index in [1.54, 1.807) is 18.6 Å². The fourth-order valence-electron chi connectivity index (χ4n) is 1.82. The number of aromatic nitrogens is 1. The molecule has 0 atom stereocenters. The van der Waals surface area contributed by atoms with Crippen LogP contribution in [0.4, 0.5) is 0 Å². The molecule has 1 aromatic carbocycles. The average molecular weight is 286 g/mol. The Labute approximate surface area is 118 Å². The Balaban J connectivity index is 2.02. The van der Waals surface area contributed by atoms with E-state index in [1.807, 2.05) is 11.4 Å². The Morgan fingerprint density at radius 1 is 1.30 bits per heavy atom. The minimum absolute atomic E-state index is 0.0837. The lowest BCUT2D eigenvalue weighted by Gasteiger charge is -2.02. The summed E-state index contributed by atoms with van der Waals surface area (Å²) in [5.74, 6) is -0.804. The molecule has 2 heterocycles. The van der Waals surface area contributed by atoms with Crippen molar-refractivity contribution in [2.75, 3.05) is 0 Å². The third-order valence-corrected chi connectivity index (χ3v) is 3.72. The Morgan fingerprint density at radius 3 is 2.85 bits per heavy atom. The van der Waals surface area contributed by atoms with Gasteiger partial charge >= 0.3 is 0 Å². The molecule has 0 radical (unpaired) electrons. The molecular weight excluding hydrogens is 276 g/mol. The van der Waals surface area contributed by atoms with Gasteiger partial charge in [0.25, 0.3) is 5.91 Å². The van der Waals surface area contributed by atoms with Crippen molar-refractivity contribution in [1.29, 1.82) is 0 Å². The maximum absolute atomic E-state index is 11.2. The van der Waals surface area contributed by atoms with Gasteiger partial charge in [0.2, 0.25) is 0 Å². The summed E-state index contributed by atoms with van der Waals surface area (Å²) in [6, 6.07) is 6.49. The van der Waals surface area contributed by atoms with E-state index in [1.165, 1.54) is 23.5 Å². The first-order valence-electron chi connectivity index (χ1n) is 5.76. The van der Waals surface area contributed by atoms with E-state index in [0.717, 1.165) is 16.1 Å². The third-order valence-electron chi connectivity index (χ3n) is 2.83. The molecule has 0 fully saturated rings. The van der Waals surface area contributed by atoms with Crippen molar-refractivity contribution in [2.24, 2.45) is 5.73 Å². The quantitative estimate of drug-likeness (QED) is 0.774. The van der Waals surface area contributed by atoms with E-state index < -0.39 is 5.91 Å². The number of nitrogens with two attached hydrogens (primary N) is 1. The normalized spacial score (nSPS) is 10.6. The highest BCUT2D eigenvalue weighted by Gasteiger charge is 2.12. The van der Waals surface area contributed by atoms with Crippen molar-refractivity contribution in [3.05, 3.63) is 47.7 Å². The highest BCUT2D eigenvalue weighted by Crippen LogP contribution is 2.31. The van der Waals surface area contributed by atoms with Crippen molar-refractivity contribution in [2.45, 2.75) is 0 Å². The highest BCUT2D eigenvalue weighted by molar-refractivity contribution is 7.13. The largest absolute Gasteiger partial charge is 0.507 e. The smallest absolute Gasteiger partial charge is 0.252 e. The minimum atomic E-state index is -0.672. The maximum Gasteiger partial charge on any atom is 0.252 e. The number of nitrogens with zero attached hydrogens (tertiary/aromatic N) is 1. The Hall–Kier alpha value is -2.60. The molecule has 6 heteroatoms. The van der Waals surface area contributed by atoms with E-state index in [4.69, 9.17) is 10.2 Å². The van der Waals surface area contributed by atoms with Gasteiger partial charge in [-0.1, -0.05) is 0 Å². The number of primary amides is 1. The topological polar surface area (TPSA) is 89.4 Å². The molecule has 0 unspecified atom stereocenters. The summed E-state index contributed by atoms with van der Waals surface area (Å²) >= 11 is 1.47. The van der Waals surface area contributed by atoms with Gasteiger partial charge in [0.1, 0.15) is 17.0 Å². The minimum Gasteiger partial charge on any atom is -0.507 e.